The fourth-order valence-corrected chi connectivity index (χ4v) is 1.53. The van der Waals surface area contributed by atoms with Gasteiger partial charge >= 0.3 is 12.1 Å². The molecule has 0 aliphatic heterocycles. The fourth-order valence-electron chi connectivity index (χ4n) is 1.53. The monoisotopic (exact) mass is 333 g/mol. The number of nitrogen functional groups attached to an aromatic ring is 1. The molecule has 0 saturated heterocycles. The molecule has 24 heavy (non-hydrogen) atoms. The maximum absolute atomic E-state index is 12.5. The van der Waals surface area contributed by atoms with Gasteiger partial charge in [-0.2, -0.15) is 5.26 Å². The Balaban J connectivity index is 3.31. The van der Waals surface area contributed by atoms with Crippen LogP contribution < -0.4 is 10.8 Å². The van der Waals surface area contributed by atoms with Crippen molar-refractivity contribution in [3.8, 4) is 6.07 Å². The standard InChI is InChI=1S/C17H23N3O4/c1-16(2,3)14(21)24-20(15(22)23-17(4,5)6)13-8-7-12(19)9-11(13)10-18/h7-9H,19H2,1-6H3. The summed E-state index contributed by atoms with van der Waals surface area (Å²) in [6.07, 6.45) is -0.902. The first-order valence-corrected chi connectivity index (χ1v) is 7.40. The van der Waals surface area contributed by atoms with Crippen LogP contribution in [0, 0.1) is 16.7 Å². The summed E-state index contributed by atoms with van der Waals surface area (Å²) >= 11 is 0. The second-order valence-electron chi connectivity index (χ2n) is 7.29. The van der Waals surface area contributed by atoms with E-state index in [9.17, 15) is 14.9 Å². The van der Waals surface area contributed by atoms with Gasteiger partial charge < -0.3 is 15.3 Å². The first-order valence-electron chi connectivity index (χ1n) is 7.40. The largest absolute Gasteiger partial charge is 0.448 e. The molecule has 7 heteroatoms. The average molecular weight is 333 g/mol. The number of nitrogens with zero attached hydrogens (tertiary/aromatic N) is 2. The van der Waals surface area contributed by atoms with E-state index in [1.165, 1.54) is 18.2 Å². The summed E-state index contributed by atoms with van der Waals surface area (Å²) in [5, 5.41) is 9.97. The summed E-state index contributed by atoms with van der Waals surface area (Å²) in [6.45, 7) is 10.00. The van der Waals surface area contributed by atoms with Crippen LogP contribution in [-0.2, 0) is 14.4 Å². The Labute approximate surface area is 141 Å². The lowest BCUT2D eigenvalue weighted by atomic mass is 9.98. The van der Waals surface area contributed by atoms with Crippen LogP contribution in [0.25, 0.3) is 0 Å². The van der Waals surface area contributed by atoms with Crippen LogP contribution in [0.2, 0.25) is 0 Å². The van der Waals surface area contributed by atoms with Crippen LogP contribution in [0.5, 0.6) is 0 Å². The number of ether oxygens (including phenoxy) is 1. The molecule has 1 aromatic rings. The molecule has 1 amide bonds. The molecule has 0 aliphatic carbocycles. The third-order valence-electron chi connectivity index (χ3n) is 2.71. The predicted molar refractivity (Wildman–Crippen MR) is 89.8 cm³/mol. The zero-order valence-electron chi connectivity index (χ0n) is 14.8. The lowest BCUT2D eigenvalue weighted by molar-refractivity contribution is -0.154. The Morgan fingerprint density at radius 3 is 2.21 bits per heavy atom. The maximum Gasteiger partial charge on any atom is 0.448 e. The van der Waals surface area contributed by atoms with Crippen molar-refractivity contribution in [3.63, 3.8) is 0 Å². The van der Waals surface area contributed by atoms with Gasteiger partial charge in [0, 0.05) is 5.69 Å². The van der Waals surface area contributed by atoms with Crippen molar-refractivity contribution in [1.29, 1.82) is 5.26 Å². The second kappa shape index (κ2) is 6.79. The highest BCUT2D eigenvalue weighted by molar-refractivity contribution is 5.91. The molecule has 0 atom stereocenters. The number of hydrogen-bond donors (Lipinski definition) is 1. The first-order chi connectivity index (χ1) is 10.8. The normalized spacial score (nSPS) is 11.4. The number of hydroxylamine groups is 1. The van der Waals surface area contributed by atoms with E-state index in [-0.39, 0.29) is 11.3 Å². The van der Waals surface area contributed by atoms with Crippen LogP contribution in [0.3, 0.4) is 0 Å². The third kappa shape index (κ3) is 5.16. The highest BCUT2D eigenvalue weighted by Gasteiger charge is 2.33. The zero-order chi connectivity index (χ0) is 18.7. The number of nitriles is 1. The lowest BCUT2D eigenvalue weighted by Gasteiger charge is -2.28. The quantitative estimate of drug-likeness (QED) is 0.624. The van der Waals surface area contributed by atoms with Crippen LogP contribution in [0.4, 0.5) is 16.2 Å². The number of nitrogens with two attached hydrogens (primary N) is 1. The average Bonchev–Trinajstić information content (AvgIpc) is 2.41. The van der Waals surface area contributed by atoms with Gasteiger partial charge in [-0.3, -0.25) is 0 Å². The summed E-state index contributed by atoms with van der Waals surface area (Å²) in [5.74, 6) is -0.644. The van der Waals surface area contributed by atoms with Crippen molar-refractivity contribution < 1.29 is 19.2 Å². The Morgan fingerprint density at radius 2 is 1.75 bits per heavy atom. The van der Waals surface area contributed by atoms with E-state index >= 15 is 0 Å². The minimum atomic E-state index is -0.902. The van der Waals surface area contributed by atoms with Gasteiger partial charge in [0.1, 0.15) is 17.4 Å². The van der Waals surface area contributed by atoms with Gasteiger partial charge in [0.2, 0.25) is 0 Å². The topological polar surface area (TPSA) is 106 Å². The molecule has 0 saturated carbocycles. The van der Waals surface area contributed by atoms with E-state index in [1.54, 1.807) is 41.5 Å². The zero-order valence-corrected chi connectivity index (χ0v) is 14.8. The number of carbonyl (C=O) groups excluding carboxylic acids is 2. The molecule has 0 radical (unpaired) electrons. The molecular formula is C17H23N3O4. The Bertz CT molecular complexity index is 679. The Morgan fingerprint density at radius 1 is 1.17 bits per heavy atom. The van der Waals surface area contributed by atoms with Gasteiger partial charge in [-0.05, 0) is 59.7 Å². The van der Waals surface area contributed by atoms with Crippen molar-refractivity contribution >= 4 is 23.4 Å². The minimum absolute atomic E-state index is 0.0820. The molecule has 0 aromatic heterocycles. The van der Waals surface area contributed by atoms with E-state index in [0.717, 1.165) is 0 Å². The van der Waals surface area contributed by atoms with Crippen LogP contribution >= 0.6 is 0 Å². The Hall–Kier alpha value is -2.75. The molecule has 0 spiro atoms. The van der Waals surface area contributed by atoms with E-state index in [0.29, 0.717) is 10.8 Å². The molecule has 2 N–H and O–H groups in total. The molecule has 130 valence electrons. The minimum Gasteiger partial charge on any atom is -0.441 e. The number of carbonyl (C=O) groups is 2. The van der Waals surface area contributed by atoms with Gasteiger partial charge in [-0.15, -0.1) is 5.06 Å². The van der Waals surface area contributed by atoms with E-state index in [4.69, 9.17) is 15.3 Å². The summed E-state index contributed by atoms with van der Waals surface area (Å²) in [6, 6.07) is 6.24. The molecule has 0 bridgehead atoms. The van der Waals surface area contributed by atoms with Crippen molar-refractivity contribution in [3.05, 3.63) is 23.8 Å². The van der Waals surface area contributed by atoms with Crippen LogP contribution in [0.15, 0.2) is 18.2 Å². The van der Waals surface area contributed by atoms with Crippen molar-refractivity contribution in [2.75, 3.05) is 10.8 Å². The molecule has 0 heterocycles. The second-order valence-corrected chi connectivity index (χ2v) is 7.29. The highest BCUT2D eigenvalue weighted by Crippen LogP contribution is 2.27. The molecule has 7 nitrogen and oxygen atoms in total. The lowest BCUT2D eigenvalue weighted by Crippen LogP contribution is -2.41. The fraction of sp³-hybridized carbons (Fsp3) is 0.471. The molecule has 0 fully saturated rings. The predicted octanol–water partition coefficient (Wildman–Crippen LogP) is 3.39. The van der Waals surface area contributed by atoms with E-state index in [2.05, 4.69) is 0 Å². The highest BCUT2D eigenvalue weighted by atomic mass is 16.8. The third-order valence-corrected chi connectivity index (χ3v) is 2.71. The van der Waals surface area contributed by atoms with Crippen molar-refractivity contribution in [1.82, 2.24) is 0 Å². The van der Waals surface area contributed by atoms with E-state index < -0.39 is 23.1 Å². The molecule has 0 unspecified atom stereocenters. The number of anilines is 2. The van der Waals surface area contributed by atoms with Crippen LogP contribution in [-0.4, -0.2) is 17.7 Å². The molecular weight excluding hydrogens is 310 g/mol. The van der Waals surface area contributed by atoms with Gasteiger partial charge in [-0.25, -0.2) is 9.59 Å². The number of hydrogen-bond acceptors (Lipinski definition) is 6. The number of amides is 1. The Kier molecular flexibility index (Phi) is 5.46. The summed E-state index contributed by atoms with van der Waals surface area (Å²) in [4.78, 5) is 29.9. The molecule has 0 aliphatic rings. The summed E-state index contributed by atoms with van der Waals surface area (Å²) in [7, 11) is 0. The number of rotatable bonds is 1. The van der Waals surface area contributed by atoms with Gasteiger partial charge in [0.05, 0.1) is 11.0 Å². The van der Waals surface area contributed by atoms with E-state index in [1.807, 2.05) is 6.07 Å². The SMILES string of the molecule is CC(C)(C)OC(=O)N(OC(=O)C(C)(C)C)c1ccc(N)cc1C#N. The van der Waals surface area contributed by atoms with Gasteiger partial charge in [-0.1, -0.05) is 0 Å². The smallest absolute Gasteiger partial charge is 0.441 e. The molecule has 1 aromatic carbocycles. The first kappa shape index (κ1) is 19.3. The number of benzene rings is 1. The maximum atomic E-state index is 12.5. The van der Waals surface area contributed by atoms with Gasteiger partial charge in [0.25, 0.3) is 0 Å². The van der Waals surface area contributed by atoms with Crippen molar-refractivity contribution in [2.45, 2.75) is 47.1 Å². The van der Waals surface area contributed by atoms with Crippen LogP contribution in [0.1, 0.15) is 47.1 Å². The summed E-state index contributed by atoms with van der Waals surface area (Å²) < 4.78 is 5.27. The van der Waals surface area contributed by atoms with Gasteiger partial charge in [0.15, 0.2) is 0 Å². The molecule has 1 rings (SSSR count). The van der Waals surface area contributed by atoms with Crippen molar-refractivity contribution in [2.24, 2.45) is 5.41 Å². The summed E-state index contributed by atoms with van der Waals surface area (Å²) in [5.41, 5.74) is 4.53.